The maximum absolute atomic E-state index is 4.46. The summed E-state index contributed by atoms with van der Waals surface area (Å²) in [5.74, 6) is 1.73. The average Bonchev–Trinajstić information content (AvgIpc) is 3.03. The monoisotopic (exact) mass is 268 g/mol. The molecule has 0 bridgehead atoms. The van der Waals surface area contributed by atoms with Gasteiger partial charge in [-0.2, -0.15) is 0 Å². The van der Waals surface area contributed by atoms with Crippen LogP contribution in [0.2, 0.25) is 0 Å². The predicted octanol–water partition coefficient (Wildman–Crippen LogP) is 2.71. The molecule has 0 radical (unpaired) electrons. The molecule has 0 aromatic carbocycles. The summed E-state index contributed by atoms with van der Waals surface area (Å²) in [6.45, 7) is 1.92. The quantitative estimate of drug-likeness (QED) is 0.848. The molecule has 2 aromatic heterocycles. The maximum Gasteiger partial charge on any atom is 0.142 e. The summed E-state index contributed by atoms with van der Waals surface area (Å²) in [5, 5.41) is 3.57. The first kappa shape index (κ1) is 13.1. The van der Waals surface area contributed by atoms with Gasteiger partial charge in [0.2, 0.25) is 0 Å². The summed E-state index contributed by atoms with van der Waals surface area (Å²) in [7, 11) is 0. The highest BCUT2D eigenvalue weighted by Crippen LogP contribution is 2.17. The molecule has 0 spiro atoms. The Morgan fingerprint density at radius 3 is 3.10 bits per heavy atom. The topological polar surface area (TPSA) is 42.7 Å². The van der Waals surface area contributed by atoms with Crippen LogP contribution in [0.5, 0.6) is 0 Å². The standard InChI is InChI=1S/C16H20N4/c1-2-5-14(6-3-1)11-18-12-15-7-4-8-19-16(15)20-10-9-17-13-20/h1-2,4,7-10,13-14,18H,3,5-6,11-12H2. The van der Waals surface area contributed by atoms with Crippen molar-refractivity contribution in [3.63, 3.8) is 0 Å². The molecule has 1 atom stereocenters. The summed E-state index contributed by atoms with van der Waals surface area (Å²) in [4.78, 5) is 8.55. The van der Waals surface area contributed by atoms with E-state index in [9.17, 15) is 0 Å². The molecule has 0 amide bonds. The van der Waals surface area contributed by atoms with Crippen LogP contribution in [0, 0.1) is 5.92 Å². The van der Waals surface area contributed by atoms with Gasteiger partial charge >= 0.3 is 0 Å². The number of allylic oxidation sites excluding steroid dienone is 2. The Labute approximate surface area is 119 Å². The van der Waals surface area contributed by atoms with Gasteiger partial charge in [0.1, 0.15) is 12.1 Å². The van der Waals surface area contributed by atoms with Crippen LogP contribution in [0.25, 0.3) is 5.82 Å². The smallest absolute Gasteiger partial charge is 0.142 e. The lowest BCUT2D eigenvalue weighted by molar-refractivity contribution is 0.440. The van der Waals surface area contributed by atoms with E-state index in [-0.39, 0.29) is 0 Å². The van der Waals surface area contributed by atoms with Gasteiger partial charge in [-0.25, -0.2) is 9.97 Å². The van der Waals surface area contributed by atoms with Gasteiger partial charge in [0.05, 0.1) is 0 Å². The fourth-order valence-corrected chi connectivity index (χ4v) is 2.64. The second-order valence-electron chi connectivity index (χ2n) is 5.24. The van der Waals surface area contributed by atoms with Crippen LogP contribution in [-0.2, 0) is 6.54 Å². The normalized spacial score (nSPS) is 18.3. The number of hydrogen-bond donors (Lipinski definition) is 1. The van der Waals surface area contributed by atoms with E-state index in [1.165, 1.54) is 24.8 Å². The third-order valence-electron chi connectivity index (χ3n) is 3.74. The van der Waals surface area contributed by atoms with Crippen molar-refractivity contribution in [3.05, 3.63) is 54.8 Å². The van der Waals surface area contributed by atoms with Crippen LogP contribution < -0.4 is 5.32 Å². The first-order chi connectivity index (χ1) is 9.93. The molecular formula is C16H20N4. The zero-order valence-electron chi connectivity index (χ0n) is 11.6. The summed E-state index contributed by atoms with van der Waals surface area (Å²) in [6.07, 6.45) is 15.6. The van der Waals surface area contributed by atoms with E-state index in [2.05, 4.69) is 33.5 Å². The van der Waals surface area contributed by atoms with Crippen molar-refractivity contribution in [1.82, 2.24) is 19.9 Å². The Morgan fingerprint density at radius 1 is 1.30 bits per heavy atom. The van der Waals surface area contributed by atoms with Gasteiger partial charge in [0.25, 0.3) is 0 Å². The molecule has 20 heavy (non-hydrogen) atoms. The SMILES string of the molecule is C1=CCC(CNCc2cccnc2-n2ccnc2)CC1. The Hall–Kier alpha value is -1.94. The van der Waals surface area contributed by atoms with Crippen molar-refractivity contribution in [2.24, 2.45) is 5.92 Å². The van der Waals surface area contributed by atoms with Gasteiger partial charge in [0, 0.05) is 30.7 Å². The van der Waals surface area contributed by atoms with Crippen LogP contribution in [0.4, 0.5) is 0 Å². The molecule has 1 aliphatic carbocycles. The van der Waals surface area contributed by atoms with E-state index < -0.39 is 0 Å². The molecule has 2 aromatic rings. The van der Waals surface area contributed by atoms with Crippen molar-refractivity contribution < 1.29 is 0 Å². The maximum atomic E-state index is 4.46. The van der Waals surface area contributed by atoms with Crippen LogP contribution in [0.15, 0.2) is 49.2 Å². The molecule has 1 unspecified atom stereocenters. The van der Waals surface area contributed by atoms with Crippen molar-refractivity contribution >= 4 is 0 Å². The van der Waals surface area contributed by atoms with Crippen LogP contribution in [0.1, 0.15) is 24.8 Å². The second-order valence-corrected chi connectivity index (χ2v) is 5.24. The van der Waals surface area contributed by atoms with Crippen molar-refractivity contribution in [3.8, 4) is 5.82 Å². The minimum Gasteiger partial charge on any atom is -0.312 e. The van der Waals surface area contributed by atoms with E-state index >= 15 is 0 Å². The molecule has 4 heteroatoms. The zero-order chi connectivity index (χ0) is 13.6. The fraction of sp³-hybridized carbons (Fsp3) is 0.375. The average molecular weight is 268 g/mol. The molecule has 0 aliphatic heterocycles. The third-order valence-corrected chi connectivity index (χ3v) is 3.74. The molecule has 2 heterocycles. The first-order valence-electron chi connectivity index (χ1n) is 7.21. The van der Waals surface area contributed by atoms with Crippen LogP contribution in [0.3, 0.4) is 0 Å². The van der Waals surface area contributed by atoms with Gasteiger partial charge in [-0.3, -0.25) is 4.57 Å². The Bertz CT molecular complexity index is 560. The van der Waals surface area contributed by atoms with E-state index in [4.69, 9.17) is 0 Å². The lowest BCUT2D eigenvalue weighted by Crippen LogP contribution is -2.23. The van der Waals surface area contributed by atoms with E-state index in [0.717, 1.165) is 24.8 Å². The summed E-state index contributed by atoms with van der Waals surface area (Å²) in [6, 6.07) is 4.11. The zero-order valence-corrected chi connectivity index (χ0v) is 11.6. The van der Waals surface area contributed by atoms with Crippen molar-refractivity contribution in [2.75, 3.05) is 6.54 Å². The Balaban J connectivity index is 1.61. The van der Waals surface area contributed by atoms with E-state index in [1.807, 2.05) is 23.0 Å². The number of pyridine rings is 1. The predicted molar refractivity (Wildman–Crippen MR) is 79.5 cm³/mol. The second kappa shape index (κ2) is 6.48. The van der Waals surface area contributed by atoms with Gasteiger partial charge in [-0.1, -0.05) is 18.2 Å². The number of nitrogens with one attached hydrogen (secondary N) is 1. The van der Waals surface area contributed by atoms with Gasteiger partial charge in [0.15, 0.2) is 0 Å². The molecule has 1 N–H and O–H groups in total. The molecule has 0 saturated heterocycles. The summed E-state index contributed by atoms with van der Waals surface area (Å²) < 4.78 is 1.96. The number of rotatable bonds is 5. The molecule has 104 valence electrons. The number of imidazole rings is 1. The highest BCUT2D eigenvalue weighted by Gasteiger charge is 2.10. The highest BCUT2D eigenvalue weighted by molar-refractivity contribution is 5.33. The van der Waals surface area contributed by atoms with Crippen LogP contribution in [-0.4, -0.2) is 21.1 Å². The Kier molecular flexibility index (Phi) is 4.23. The summed E-state index contributed by atoms with van der Waals surface area (Å²) >= 11 is 0. The fourth-order valence-electron chi connectivity index (χ4n) is 2.64. The third kappa shape index (κ3) is 3.14. The lowest BCUT2D eigenvalue weighted by atomic mass is 9.94. The van der Waals surface area contributed by atoms with Crippen LogP contribution >= 0.6 is 0 Å². The molecular weight excluding hydrogens is 248 g/mol. The van der Waals surface area contributed by atoms with Gasteiger partial charge in [-0.05, 0) is 37.8 Å². The lowest BCUT2D eigenvalue weighted by Gasteiger charge is -2.18. The van der Waals surface area contributed by atoms with Gasteiger partial charge in [-0.15, -0.1) is 0 Å². The molecule has 0 saturated carbocycles. The molecule has 3 rings (SSSR count). The minimum absolute atomic E-state index is 0.772. The number of hydrogen-bond acceptors (Lipinski definition) is 3. The molecule has 0 fully saturated rings. The largest absolute Gasteiger partial charge is 0.312 e. The van der Waals surface area contributed by atoms with Gasteiger partial charge < -0.3 is 5.32 Å². The number of aromatic nitrogens is 3. The van der Waals surface area contributed by atoms with E-state index in [1.54, 1.807) is 12.5 Å². The van der Waals surface area contributed by atoms with Crippen molar-refractivity contribution in [2.45, 2.75) is 25.8 Å². The van der Waals surface area contributed by atoms with Crippen molar-refractivity contribution in [1.29, 1.82) is 0 Å². The summed E-state index contributed by atoms with van der Waals surface area (Å²) in [5.41, 5.74) is 1.21. The number of nitrogens with zero attached hydrogens (tertiary/aromatic N) is 3. The minimum atomic E-state index is 0.772. The molecule has 1 aliphatic rings. The van der Waals surface area contributed by atoms with E-state index in [0.29, 0.717) is 0 Å². The highest BCUT2D eigenvalue weighted by atomic mass is 15.1. The molecule has 4 nitrogen and oxygen atoms in total. The first-order valence-corrected chi connectivity index (χ1v) is 7.21. The Morgan fingerprint density at radius 2 is 2.30 bits per heavy atom.